The Hall–Kier alpha value is -8.20. The molecular weight excluding hydrogens is 787 g/mol. The molecule has 1 aliphatic carbocycles. The minimum absolute atomic E-state index is 0.168. The van der Waals surface area contributed by atoms with Gasteiger partial charge in [0.1, 0.15) is 11.2 Å². The van der Waals surface area contributed by atoms with Gasteiger partial charge in [0, 0.05) is 33.2 Å². The summed E-state index contributed by atoms with van der Waals surface area (Å²) in [5.41, 5.74) is 22.4. The van der Waals surface area contributed by atoms with Crippen molar-refractivity contribution in [3.8, 4) is 66.8 Å². The Bertz CT molecular complexity index is 3510. The van der Waals surface area contributed by atoms with E-state index in [0.29, 0.717) is 0 Å². The summed E-state index contributed by atoms with van der Waals surface area (Å²) in [6.45, 7) is 4.77. The lowest BCUT2D eigenvalue weighted by molar-refractivity contribution is 0.662. The molecule has 11 aromatic rings. The lowest BCUT2D eigenvalue weighted by Gasteiger charge is -2.26. The number of anilines is 3. The summed E-state index contributed by atoms with van der Waals surface area (Å²) >= 11 is 0. The smallest absolute Gasteiger partial charge is 0.136 e. The highest BCUT2D eigenvalue weighted by Gasteiger charge is 2.38. The van der Waals surface area contributed by atoms with Gasteiger partial charge < -0.3 is 9.32 Å². The van der Waals surface area contributed by atoms with E-state index in [4.69, 9.17) is 4.42 Å². The molecule has 0 atom stereocenters. The third-order valence-electron chi connectivity index (χ3n) is 13.5. The summed E-state index contributed by atoms with van der Waals surface area (Å²) in [7, 11) is 0. The van der Waals surface area contributed by atoms with Gasteiger partial charge in [-0.25, -0.2) is 0 Å². The quantitative estimate of drug-likeness (QED) is 0.152. The van der Waals surface area contributed by atoms with Crippen LogP contribution in [0, 0.1) is 0 Å². The highest BCUT2D eigenvalue weighted by Crippen LogP contribution is 2.54. The van der Waals surface area contributed by atoms with E-state index in [1.54, 1.807) is 0 Å². The van der Waals surface area contributed by atoms with Crippen molar-refractivity contribution in [3.05, 3.63) is 248 Å². The molecular formula is C63H45NO. The number of furan rings is 1. The molecule has 0 fully saturated rings. The molecule has 0 unspecified atom stereocenters. The number of rotatable bonds is 8. The van der Waals surface area contributed by atoms with Crippen LogP contribution < -0.4 is 4.90 Å². The van der Waals surface area contributed by atoms with Crippen molar-refractivity contribution in [1.29, 1.82) is 0 Å². The van der Waals surface area contributed by atoms with Crippen molar-refractivity contribution in [3.63, 3.8) is 0 Å². The van der Waals surface area contributed by atoms with E-state index >= 15 is 0 Å². The fourth-order valence-electron chi connectivity index (χ4n) is 10.3. The summed E-state index contributed by atoms with van der Waals surface area (Å²) in [4.78, 5) is 2.36. The van der Waals surface area contributed by atoms with Gasteiger partial charge in [0.25, 0.3) is 0 Å². The molecule has 65 heavy (non-hydrogen) atoms. The molecule has 1 aromatic heterocycles. The maximum atomic E-state index is 6.26. The summed E-state index contributed by atoms with van der Waals surface area (Å²) in [5, 5.41) is 2.28. The normalized spacial score (nSPS) is 12.6. The molecule has 10 aromatic carbocycles. The third-order valence-corrected chi connectivity index (χ3v) is 13.5. The zero-order valence-electron chi connectivity index (χ0n) is 36.4. The number of hydrogen-bond donors (Lipinski definition) is 0. The minimum atomic E-state index is -0.168. The van der Waals surface area contributed by atoms with Crippen molar-refractivity contribution in [2.24, 2.45) is 0 Å². The number of benzene rings is 10. The standard InChI is InChI=1S/C63H45NO/c1-63(2)58-38-31-48(39-56(58)57-41-49(43-17-8-4-9-18-43)40-55(62(57)63)46-19-10-5-11-20-46)45-27-34-51(35-28-45)64(50-32-25-44(26-33-50)42-15-6-3-7-16-42)52-36-29-47(30-37-52)53-22-14-24-60-61(53)54-21-12-13-23-59(54)65-60/h3-41H,1-2H3. The summed E-state index contributed by atoms with van der Waals surface area (Å²) in [5.74, 6) is 0. The molecule has 0 saturated carbocycles. The Morgan fingerprint density at radius 2 is 0.769 bits per heavy atom. The molecule has 1 aliphatic rings. The van der Waals surface area contributed by atoms with Gasteiger partial charge in [-0.15, -0.1) is 0 Å². The zero-order chi connectivity index (χ0) is 43.5. The van der Waals surface area contributed by atoms with E-state index in [1.165, 1.54) is 66.8 Å². The highest BCUT2D eigenvalue weighted by atomic mass is 16.3. The van der Waals surface area contributed by atoms with Crippen molar-refractivity contribution >= 4 is 39.0 Å². The Morgan fingerprint density at radius 3 is 1.40 bits per heavy atom. The van der Waals surface area contributed by atoms with E-state index in [-0.39, 0.29) is 5.41 Å². The van der Waals surface area contributed by atoms with Crippen molar-refractivity contribution < 1.29 is 4.42 Å². The van der Waals surface area contributed by atoms with Gasteiger partial charge >= 0.3 is 0 Å². The monoisotopic (exact) mass is 831 g/mol. The first-order chi connectivity index (χ1) is 32.0. The Morgan fingerprint density at radius 1 is 0.323 bits per heavy atom. The largest absolute Gasteiger partial charge is 0.456 e. The van der Waals surface area contributed by atoms with E-state index in [9.17, 15) is 0 Å². The maximum Gasteiger partial charge on any atom is 0.136 e. The zero-order valence-corrected chi connectivity index (χ0v) is 36.4. The van der Waals surface area contributed by atoms with Gasteiger partial charge in [0.15, 0.2) is 0 Å². The first kappa shape index (κ1) is 38.5. The van der Waals surface area contributed by atoms with Crippen LogP contribution in [-0.4, -0.2) is 0 Å². The maximum absolute atomic E-state index is 6.26. The average Bonchev–Trinajstić information content (AvgIpc) is 3.87. The lowest BCUT2D eigenvalue weighted by Crippen LogP contribution is -2.16. The predicted molar refractivity (Wildman–Crippen MR) is 273 cm³/mol. The van der Waals surface area contributed by atoms with E-state index in [0.717, 1.165) is 50.1 Å². The second kappa shape index (κ2) is 15.6. The molecule has 1 heterocycles. The SMILES string of the molecule is CC1(C)c2ccc(-c3ccc(N(c4ccc(-c5ccccc5)cc4)c4ccc(-c5cccc6oc7ccccc7c56)cc4)cc3)cc2-c2cc(-c3ccccc3)cc(-c3ccccc3)c21. The van der Waals surface area contributed by atoms with Crippen LogP contribution in [0.3, 0.4) is 0 Å². The molecule has 0 N–H and O–H groups in total. The molecule has 0 bridgehead atoms. The second-order valence-corrected chi connectivity index (χ2v) is 17.7. The number of nitrogens with zero attached hydrogens (tertiary/aromatic N) is 1. The van der Waals surface area contributed by atoms with Crippen LogP contribution >= 0.6 is 0 Å². The first-order valence-electron chi connectivity index (χ1n) is 22.5. The van der Waals surface area contributed by atoms with E-state index in [1.807, 2.05) is 12.1 Å². The summed E-state index contributed by atoms with van der Waals surface area (Å²) in [6.07, 6.45) is 0. The van der Waals surface area contributed by atoms with E-state index < -0.39 is 0 Å². The average molecular weight is 832 g/mol. The third kappa shape index (κ3) is 6.65. The molecule has 0 amide bonds. The molecule has 308 valence electrons. The molecule has 2 nitrogen and oxygen atoms in total. The van der Waals surface area contributed by atoms with Crippen molar-refractivity contribution in [2.75, 3.05) is 4.90 Å². The van der Waals surface area contributed by atoms with Gasteiger partial charge in [0.2, 0.25) is 0 Å². The lowest BCUT2D eigenvalue weighted by atomic mass is 9.78. The van der Waals surface area contributed by atoms with Crippen LogP contribution in [0.25, 0.3) is 88.7 Å². The molecule has 0 spiro atoms. The van der Waals surface area contributed by atoms with Crippen LogP contribution in [0.5, 0.6) is 0 Å². The molecule has 0 aliphatic heterocycles. The predicted octanol–water partition coefficient (Wildman–Crippen LogP) is 17.7. The van der Waals surface area contributed by atoms with Gasteiger partial charge in [-0.1, -0.05) is 184 Å². The van der Waals surface area contributed by atoms with Crippen LogP contribution in [0.1, 0.15) is 25.0 Å². The summed E-state index contributed by atoms with van der Waals surface area (Å²) in [6, 6.07) is 85.7. The van der Waals surface area contributed by atoms with Gasteiger partial charge in [0.05, 0.1) is 0 Å². The fraction of sp³-hybridized carbons (Fsp3) is 0.0476. The van der Waals surface area contributed by atoms with Gasteiger partial charge in [-0.2, -0.15) is 0 Å². The van der Waals surface area contributed by atoms with E-state index in [2.05, 4.69) is 243 Å². The number of fused-ring (bicyclic) bond motifs is 6. The Kier molecular flexibility index (Phi) is 9.21. The minimum Gasteiger partial charge on any atom is -0.456 e. The molecule has 12 rings (SSSR count). The molecule has 2 heteroatoms. The fourth-order valence-corrected chi connectivity index (χ4v) is 10.3. The van der Waals surface area contributed by atoms with Gasteiger partial charge in [-0.05, 0) is 145 Å². The van der Waals surface area contributed by atoms with Crippen LogP contribution in [-0.2, 0) is 5.41 Å². The first-order valence-corrected chi connectivity index (χ1v) is 22.5. The van der Waals surface area contributed by atoms with Crippen LogP contribution in [0.4, 0.5) is 17.1 Å². The summed E-state index contributed by atoms with van der Waals surface area (Å²) < 4.78 is 6.26. The van der Waals surface area contributed by atoms with Crippen LogP contribution in [0.15, 0.2) is 241 Å². The molecule has 0 radical (unpaired) electrons. The Labute approximate surface area is 380 Å². The van der Waals surface area contributed by atoms with Crippen LogP contribution in [0.2, 0.25) is 0 Å². The highest BCUT2D eigenvalue weighted by molar-refractivity contribution is 6.12. The second-order valence-electron chi connectivity index (χ2n) is 17.7. The topological polar surface area (TPSA) is 16.4 Å². The molecule has 0 saturated heterocycles. The van der Waals surface area contributed by atoms with Crippen molar-refractivity contribution in [1.82, 2.24) is 0 Å². The number of hydrogen-bond acceptors (Lipinski definition) is 2. The van der Waals surface area contributed by atoms with Crippen molar-refractivity contribution in [2.45, 2.75) is 19.3 Å². The Balaban J connectivity index is 0.936. The van der Waals surface area contributed by atoms with Gasteiger partial charge in [-0.3, -0.25) is 0 Å². The number of para-hydroxylation sites is 1.